The van der Waals surface area contributed by atoms with Crippen molar-refractivity contribution < 1.29 is 19.0 Å². The Hall–Kier alpha value is -3.79. The largest absolute Gasteiger partial charge is 0.497 e. The summed E-state index contributed by atoms with van der Waals surface area (Å²) in [5, 5.41) is 3.36. The van der Waals surface area contributed by atoms with Crippen molar-refractivity contribution >= 4 is 34.7 Å². The summed E-state index contributed by atoms with van der Waals surface area (Å²) in [6, 6.07) is 17.0. The third kappa shape index (κ3) is 4.59. The normalized spacial score (nSPS) is 10.7. The molecule has 164 valence electrons. The highest BCUT2D eigenvalue weighted by atomic mass is 32.2. The van der Waals surface area contributed by atoms with Gasteiger partial charge in [-0.15, -0.1) is 0 Å². The lowest BCUT2D eigenvalue weighted by Crippen LogP contribution is -2.17. The molecule has 10 heteroatoms. The molecule has 0 atom stereocenters. The number of aromatic nitrogens is 4. The van der Waals surface area contributed by atoms with Crippen LogP contribution in [0.3, 0.4) is 0 Å². The molecule has 9 nitrogen and oxygen atoms in total. The molecule has 1 N–H and O–H groups in total. The maximum Gasteiger partial charge on any atom is 0.237 e. The van der Waals surface area contributed by atoms with E-state index < -0.39 is 0 Å². The highest BCUT2D eigenvalue weighted by molar-refractivity contribution is 7.99. The van der Waals surface area contributed by atoms with E-state index in [1.54, 1.807) is 7.11 Å². The van der Waals surface area contributed by atoms with Crippen LogP contribution in [0.15, 0.2) is 59.8 Å². The molecular formula is C22H21N5O4S. The summed E-state index contributed by atoms with van der Waals surface area (Å²) in [6.45, 7) is 0. The first kappa shape index (κ1) is 21.4. The van der Waals surface area contributed by atoms with Crippen molar-refractivity contribution in [2.45, 2.75) is 5.16 Å². The Balaban J connectivity index is 1.56. The van der Waals surface area contributed by atoms with Gasteiger partial charge in [0.2, 0.25) is 23.6 Å². The molecule has 0 bridgehead atoms. The molecule has 4 rings (SSSR count). The van der Waals surface area contributed by atoms with E-state index in [1.807, 2.05) is 53.1 Å². The van der Waals surface area contributed by atoms with E-state index in [4.69, 9.17) is 19.2 Å². The number of amides is 1. The molecule has 0 unspecified atom stereocenters. The minimum absolute atomic E-state index is 0.107. The second-order valence-electron chi connectivity index (χ2n) is 6.53. The third-order valence-electron chi connectivity index (χ3n) is 4.54. The number of nitrogens with zero attached hydrogens (tertiary/aromatic N) is 4. The fraction of sp³-hybridized carbons (Fsp3) is 0.182. The van der Waals surface area contributed by atoms with Gasteiger partial charge in [-0.2, -0.15) is 9.97 Å². The first-order chi connectivity index (χ1) is 15.6. The number of imidazole rings is 1. The number of nitrogens with one attached hydrogen (secondary N) is 1. The molecule has 0 aliphatic rings. The molecular weight excluding hydrogens is 430 g/mol. The van der Waals surface area contributed by atoms with Gasteiger partial charge in [0.25, 0.3) is 0 Å². The van der Waals surface area contributed by atoms with Crippen molar-refractivity contribution in [3.8, 4) is 23.2 Å². The van der Waals surface area contributed by atoms with Crippen LogP contribution < -0.4 is 19.5 Å². The molecule has 0 radical (unpaired) electrons. The van der Waals surface area contributed by atoms with Gasteiger partial charge in [0.1, 0.15) is 5.75 Å². The number of hydrogen-bond donors (Lipinski definition) is 1. The number of rotatable bonds is 8. The highest BCUT2D eigenvalue weighted by Gasteiger charge is 2.16. The Kier molecular flexibility index (Phi) is 6.41. The number of carbonyl (C=O) groups is 1. The van der Waals surface area contributed by atoms with E-state index in [0.29, 0.717) is 16.9 Å². The maximum absolute atomic E-state index is 12.6. The number of hydrogen-bond acceptors (Lipinski definition) is 8. The van der Waals surface area contributed by atoms with Crippen LogP contribution >= 0.6 is 11.8 Å². The molecule has 32 heavy (non-hydrogen) atoms. The standard InChI is InChI=1S/C22H21N5O4S/c1-29-15-10-8-14(9-11-15)27-17-7-5-4-6-16(17)23-22(27)32-13-18(28)24-21-25-19(30-2)12-20(26-21)31-3/h4-12H,13H2,1-3H3,(H,24,25,26,28). The van der Waals surface area contributed by atoms with Crippen molar-refractivity contribution in [3.63, 3.8) is 0 Å². The topological polar surface area (TPSA) is 100 Å². The predicted molar refractivity (Wildman–Crippen MR) is 122 cm³/mol. The Morgan fingerprint density at radius 1 is 0.938 bits per heavy atom. The number of fused-ring (bicyclic) bond motifs is 1. The lowest BCUT2D eigenvalue weighted by molar-refractivity contribution is -0.113. The number of methoxy groups -OCH3 is 3. The number of para-hydroxylation sites is 2. The summed E-state index contributed by atoms with van der Waals surface area (Å²) >= 11 is 1.32. The van der Waals surface area contributed by atoms with E-state index in [-0.39, 0.29) is 17.6 Å². The van der Waals surface area contributed by atoms with E-state index in [2.05, 4.69) is 15.3 Å². The minimum Gasteiger partial charge on any atom is -0.497 e. The summed E-state index contributed by atoms with van der Waals surface area (Å²) < 4.78 is 17.5. The highest BCUT2D eigenvalue weighted by Crippen LogP contribution is 2.29. The predicted octanol–water partition coefficient (Wildman–Crippen LogP) is 3.57. The van der Waals surface area contributed by atoms with Crippen LogP contribution in [-0.4, -0.2) is 52.5 Å². The fourth-order valence-corrected chi connectivity index (χ4v) is 3.87. The van der Waals surface area contributed by atoms with Crippen LogP contribution in [0.25, 0.3) is 16.7 Å². The monoisotopic (exact) mass is 451 g/mol. The van der Waals surface area contributed by atoms with Crippen molar-refractivity contribution in [1.82, 2.24) is 19.5 Å². The molecule has 0 fully saturated rings. The number of carbonyl (C=O) groups excluding carboxylic acids is 1. The average molecular weight is 452 g/mol. The molecule has 1 amide bonds. The van der Waals surface area contributed by atoms with Gasteiger partial charge in [0, 0.05) is 5.69 Å². The lowest BCUT2D eigenvalue weighted by atomic mass is 10.2. The van der Waals surface area contributed by atoms with E-state index in [1.165, 1.54) is 32.0 Å². The van der Waals surface area contributed by atoms with Crippen LogP contribution in [0, 0.1) is 0 Å². The zero-order chi connectivity index (χ0) is 22.5. The lowest BCUT2D eigenvalue weighted by Gasteiger charge is -2.10. The quantitative estimate of drug-likeness (QED) is 0.406. The van der Waals surface area contributed by atoms with Gasteiger partial charge < -0.3 is 14.2 Å². The van der Waals surface area contributed by atoms with E-state index >= 15 is 0 Å². The molecule has 0 saturated heterocycles. The number of benzene rings is 2. The van der Waals surface area contributed by atoms with Gasteiger partial charge in [-0.3, -0.25) is 14.7 Å². The fourth-order valence-electron chi connectivity index (χ4n) is 3.04. The molecule has 0 saturated carbocycles. The van der Waals surface area contributed by atoms with Crippen LogP contribution in [0.4, 0.5) is 5.95 Å². The van der Waals surface area contributed by atoms with E-state index in [0.717, 1.165) is 22.5 Å². The third-order valence-corrected chi connectivity index (χ3v) is 5.48. The molecule has 0 spiro atoms. The summed E-state index contributed by atoms with van der Waals surface area (Å²) in [7, 11) is 4.59. The van der Waals surface area contributed by atoms with E-state index in [9.17, 15) is 4.79 Å². The van der Waals surface area contributed by atoms with Crippen LogP contribution in [-0.2, 0) is 4.79 Å². The van der Waals surface area contributed by atoms with Gasteiger partial charge in [0.15, 0.2) is 5.16 Å². The minimum atomic E-state index is -0.279. The Morgan fingerprint density at radius 3 is 2.28 bits per heavy atom. The molecule has 2 aromatic heterocycles. The second kappa shape index (κ2) is 9.56. The Morgan fingerprint density at radius 2 is 1.62 bits per heavy atom. The van der Waals surface area contributed by atoms with Crippen LogP contribution in [0.2, 0.25) is 0 Å². The summed E-state index contributed by atoms with van der Waals surface area (Å²) in [5.41, 5.74) is 2.71. The van der Waals surface area contributed by atoms with Crippen molar-refractivity contribution in [1.29, 1.82) is 0 Å². The number of thioether (sulfide) groups is 1. The van der Waals surface area contributed by atoms with Gasteiger partial charge >= 0.3 is 0 Å². The SMILES string of the molecule is COc1ccc(-n2c(SCC(=O)Nc3nc(OC)cc(OC)n3)nc3ccccc32)cc1. The van der Waals surface area contributed by atoms with Crippen LogP contribution in [0.5, 0.6) is 17.5 Å². The van der Waals surface area contributed by atoms with Gasteiger partial charge in [0.05, 0.1) is 44.2 Å². The zero-order valence-electron chi connectivity index (χ0n) is 17.7. The molecule has 2 heterocycles. The smallest absolute Gasteiger partial charge is 0.237 e. The summed E-state index contributed by atoms with van der Waals surface area (Å²) in [6.07, 6.45) is 0. The van der Waals surface area contributed by atoms with Crippen molar-refractivity contribution in [2.24, 2.45) is 0 Å². The average Bonchev–Trinajstić information content (AvgIpc) is 3.21. The van der Waals surface area contributed by atoms with Crippen LogP contribution in [0.1, 0.15) is 0 Å². The Bertz CT molecular complexity index is 1220. The second-order valence-corrected chi connectivity index (χ2v) is 7.47. The first-order valence-corrected chi connectivity index (χ1v) is 10.6. The molecule has 0 aliphatic heterocycles. The number of anilines is 1. The van der Waals surface area contributed by atoms with Gasteiger partial charge in [-0.05, 0) is 36.4 Å². The van der Waals surface area contributed by atoms with Crippen molar-refractivity contribution in [2.75, 3.05) is 32.4 Å². The van der Waals surface area contributed by atoms with Crippen molar-refractivity contribution in [3.05, 3.63) is 54.6 Å². The maximum atomic E-state index is 12.6. The van der Waals surface area contributed by atoms with Gasteiger partial charge in [-0.1, -0.05) is 23.9 Å². The van der Waals surface area contributed by atoms with Gasteiger partial charge in [-0.25, -0.2) is 4.98 Å². The summed E-state index contributed by atoms with van der Waals surface area (Å²) in [4.78, 5) is 25.5. The molecule has 2 aromatic carbocycles. The Labute approximate surface area is 188 Å². The molecule has 4 aromatic rings. The zero-order valence-corrected chi connectivity index (χ0v) is 18.5. The first-order valence-electron chi connectivity index (χ1n) is 9.63. The summed E-state index contributed by atoms with van der Waals surface area (Å²) in [5.74, 6) is 1.29. The molecule has 0 aliphatic carbocycles. The number of ether oxygens (including phenoxy) is 3.